The number of carbonyl (C=O) groups excluding carboxylic acids is 1. The summed E-state index contributed by atoms with van der Waals surface area (Å²) in [5, 5.41) is 3.87. The summed E-state index contributed by atoms with van der Waals surface area (Å²) in [4.78, 5) is 12.1. The maximum absolute atomic E-state index is 12.8. The van der Waals surface area contributed by atoms with Gasteiger partial charge in [-0.05, 0) is 29.6 Å². The van der Waals surface area contributed by atoms with Gasteiger partial charge in [0, 0.05) is 5.02 Å². The van der Waals surface area contributed by atoms with E-state index in [1.165, 1.54) is 12.1 Å². The molecule has 0 saturated heterocycles. The van der Waals surface area contributed by atoms with Crippen molar-refractivity contribution in [2.45, 2.75) is 6.18 Å². The van der Waals surface area contributed by atoms with Gasteiger partial charge in [0.15, 0.2) is 0 Å². The number of anilines is 1. The van der Waals surface area contributed by atoms with Crippen LogP contribution in [0, 0.1) is 0 Å². The molecule has 2 aromatic rings. The normalized spacial score (nSPS) is 11.4. The van der Waals surface area contributed by atoms with Gasteiger partial charge in [-0.15, -0.1) is 11.3 Å². The number of halogens is 4. The number of nitrogens with one attached hydrogen (secondary N) is 1. The molecule has 7 heteroatoms. The molecule has 1 aromatic carbocycles. The van der Waals surface area contributed by atoms with E-state index in [9.17, 15) is 18.0 Å². The molecule has 2 nitrogen and oxygen atoms in total. The van der Waals surface area contributed by atoms with Crippen molar-refractivity contribution in [3.05, 3.63) is 51.2 Å². The quantitative estimate of drug-likeness (QED) is 0.858. The van der Waals surface area contributed by atoms with Gasteiger partial charge in [0.2, 0.25) is 0 Å². The summed E-state index contributed by atoms with van der Waals surface area (Å²) < 4.78 is 38.4. The average Bonchev–Trinajstić information content (AvgIpc) is 2.83. The van der Waals surface area contributed by atoms with Gasteiger partial charge >= 0.3 is 6.18 Å². The third-order valence-electron chi connectivity index (χ3n) is 2.28. The summed E-state index contributed by atoms with van der Waals surface area (Å²) in [6.07, 6.45) is -4.58. The SMILES string of the molecule is O=C(Nc1ccc(Cl)cc1C(F)(F)F)c1cccs1. The zero-order valence-electron chi connectivity index (χ0n) is 9.29. The topological polar surface area (TPSA) is 29.1 Å². The van der Waals surface area contributed by atoms with Crippen molar-refractivity contribution in [2.24, 2.45) is 0 Å². The first kappa shape index (κ1) is 13.9. The van der Waals surface area contributed by atoms with Gasteiger partial charge in [-0.1, -0.05) is 17.7 Å². The minimum Gasteiger partial charge on any atom is -0.321 e. The summed E-state index contributed by atoms with van der Waals surface area (Å²) in [5.74, 6) is -0.581. The van der Waals surface area contributed by atoms with Gasteiger partial charge in [-0.3, -0.25) is 4.79 Å². The van der Waals surface area contributed by atoms with Gasteiger partial charge in [-0.25, -0.2) is 0 Å². The number of rotatable bonds is 2. The minimum atomic E-state index is -4.58. The molecule has 1 aromatic heterocycles. The zero-order chi connectivity index (χ0) is 14.0. The third-order valence-corrected chi connectivity index (χ3v) is 3.38. The van der Waals surface area contributed by atoms with Gasteiger partial charge in [0.05, 0.1) is 16.1 Å². The Morgan fingerprint density at radius 3 is 2.58 bits per heavy atom. The van der Waals surface area contributed by atoms with Gasteiger partial charge in [-0.2, -0.15) is 13.2 Å². The minimum absolute atomic E-state index is 0.0403. The Kier molecular flexibility index (Phi) is 3.82. The summed E-state index contributed by atoms with van der Waals surface area (Å²) in [6.45, 7) is 0. The predicted molar refractivity (Wildman–Crippen MR) is 68.7 cm³/mol. The van der Waals surface area contributed by atoms with Crippen molar-refractivity contribution in [3.63, 3.8) is 0 Å². The molecule has 1 N–H and O–H groups in total. The maximum Gasteiger partial charge on any atom is 0.418 e. The second-order valence-electron chi connectivity index (χ2n) is 3.62. The van der Waals surface area contributed by atoms with E-state index < -0.39 is 17.6 Å². The Labute approximate surface area is 115 Å². The first-order chi connectivity index (χ1) is 8.88. The smallest absolute Gasteiger partial charge is 0.321 e. The summed E-state index contributed by atoms with van der Waals surface area (Å²) >= 11 is 6.70. The van der Waals surface area contributed by atoms with E-state index in [2.05, 4.69) is 5.32 Å². The highest BCUT2D eigenvalue weighted by Crippen LogP contribution is 2.36. The lowest BCUT2D eigenvalue weighted by molar-refractivity contribution is -0.136. The number of thiophene rings is 1. The molecular weight excluding hydrogens is 299 g/mol. The molecule has 100 valence electrons. The second kappa shape index (κ2) is 5.22. The highest BCUT2D eigenvalue weighted by molar-refractivity contribution is 7.12. The van der Waals surface area contributed by atoms with Crippen LogP contribution >= 0.6 is 22.9 Å². The van der Waals surface area contributed by atoms with Crippen molar-refractivity contribution in [1.29, 1.82) is 0 Å². The Bertz CT molecular complexity index is 596. The Hall–Kier alpha value is -1.53. The molecule has 19 heavy (non-hydrogen) atoms. The van der Waals surface area contributed by atoms with E-state index in [1.807, 2.05) is 0 Å². The van der Waals surface area contributed by atoms with Crippen LogP contribution in [-0.4, -0.2) is 5.91 Å². The number of benzene rings is 1. The van der Waals surface area contributed by atoms with E-state index in [0.717, 1.165) is 23.5 Å². The first-order valence-corrected chi connectivity index (χ1v) is 6.35. The lowest BCUT2D eigenvalue weighted by atomic mass is 10.1. The molecule has 0 aliphatic carbocycles. The number of carbonyl (C=O) groups is 1. The van der Waals surface area contributed by atoms with Crippen molar-refractivity contribution < 1.29 is 18.0 Å². The molecule has 0 saturated carbocycles. The van der Waals surface area contributed by atoms with Crippen molar-refractivity contribution in [1.82, 2.24) is 0 Å². The van der Waals surface area contributed by atoms with Crippen LogP contribution in [-0.2, 0) is 6.18 Å². The molecule has 0 spiro atoms. The third kappa shape index (κ3) is 3.27. The molecule has 1 amide bonds. The Morgan fingerprint density at radius 2 is 2.00 bits per heavy atom. The van der Waals surface area contributed by atoms with Crippen LogP contribution in [0.3, 0.4) is 0 Å². The van der Waals surface area contributed by atoms with E-state index in [1.54, 1.807) is 11.4 Å². The summed E-state index contributed by atoms with van der Waals surface area (Å²) in [6, 6.07) is 6.39. The number of amides is 1. The van der Waals surface area contributed by atoms with Crippen molar-refractivity contribution in [2.75, 3.05) is 5.32 Å². The molecule has 2 rings (SSSR count). The summed E-state index contributed by atoms with van der Waals surface area (Å²) in [5.41, 5.74) is -1.28. The molecular formula is C12H7ClF3NOS. The largest absolute Gasteiger partial charge is 0.418 e. The molecule has 0 unspecified atom stereocenters. The van der Waals surface area contributed by atoms with E-state index in [-0.39, 0.29) is 10.7 Å². The van der Waals surface area contributed by atoms with Crippen molar-refractivity contribution >= 4 is 34.5 Å². The molecule has 1 heterocycles. The highest BCUT2D eigenvalue weighted by atomic mass is 35.5. The first-order valence-electron chi connectivity index (χ1n) is 5.09. The average molecular weight is 306 g/mol. The lowest BCUT2D eigenvalue weighted by Gasteiger charge is -2.13. The lowest BCUT2D eigenvalue weighted by Crippen LogP contribution is -2.15. The predicted octanol–water partition coefficient (Wildman–Crippen LogP) is 4.67. The Balaban J connectivity index is 2.33. The Morgan fingerprint density at radius 1 is 1.26 bits per heavy atom. The maximum atomic E-state index is 12.8. The molecule has 0 aliphatic heterocycles. The summed E-state index contributed by atoms with van der Waals surface area (Å²) in [7, 11) is 0. The number of alkyl halides is 3. The molecule has 0 atom stereocenters. The van der Waals surface area contributed by atoms with Crippen LogP contribution in [0.1, 0.15) is 15.2 Å². The van der Waals surface area contributed by atoms with E-state index >= 15 is 0 Å². The monoisotopic (exact) mass is 305 g/mol. The second-order valence-corrected chi connectivity index (χ2v) is 5.00. The van der Waals surface area contributed by atoms with Crippen LogP contribution in [0.5, 0.6) is 0 Å². The van der Waals surface area contributed by atoms with Gasteiger partial charge < -0.3 is 5.32 Å². The fraction of sp³-hybridized carbons (Fsp3) is 0.0833. The van der Waals surface area contributed by atoms with Crippen LogP contribution in [0.15, 0.2) is 35.7 Å². The molecule has 0 fully saturated rings. The van der Waals surface area contributed by atoms with Crippen molar-refractivity contribution in [3.8, 4) is 0 Å². The fourth-order valence-electron chi connectivity index (χ4n) is 1.45. The van der Waals surface area contributed by atoms with Crippen LogP contribution < -0.4 is 5.32 Å². The molecule has 0 radical (unpaired) electrons. The zero-order valence-corrected chi connectivity index (χ0v) is 10.9. The highest BCUT2D eigenvalue weighted by Gasteiger charge is 2.34. The van der Waals surface area contributed by atoms with Crippen LogP contribution in [0.2, 0.25) is 5.02 Å². The van der Waals surface area contributed by atoms with Gasteiger partial charge in [0.25, 0.3) is 5.91 Å². The van der Waals surface area contributed by atoms with E-state index in [4.69, 9.17) is 11.6 Å². The van der Waals surface area contributed by atoms with Crippen LogP contribution in [0.25, 0.3) is 0 Å². The molecule has 0 aliphatic rings. The van der Waals surface area contributed by atoms with Gasteiger partial charge in [0.1, 0.15) is 0 Å². The fourth-order valence-corrected chi connectivity index (χ4v) is 2.24. The number of hydrogen-bond donors (Lipinski definition) is 1. The van der Waals surface area contributed by atoms with E-state index in [0.29, 0.717) is 4.88 Å². The standard InChI is InChI=1S/C12H7ClF3NOS/c13-7-3-4-9(8(6-7)12(14,15)16)17-11(18)10-2-1-5-19-10/h1-6H,(H,17,18). The molecule has 0 bridgehead atoms. The number of hydrogen-bond acceptors (Lipinski definition) is 2. The van der Waals surface area contributed by atoms with Crippen LogP contribution in [0.4, 0.5) is 18.9 Å².